The SMILES string of the molecule is Cc1cc(C(=O)Nc2ccc3c(c2)OCO3)nc(NCc2ccccc2F)n1. The van der Waals surface area contributed by atoms with Gasteiger partial charge in [0, 0.05) is 29.6 Å². The minimum Gasteiger partial charge on any atom is -0.454 e. The van der Waals surface area contributed by atoms with Gasteiger partial charge in [0.25, 0.3) is 5.91 Å². The van der Waals surface area contributed by atoms with Crippen LogP contribution in [0.1, 0.15) is 21.7 Å². The van der Waals surface area contributed by atoms with E-state index in [0.29, 0.717) is 28.4 Å². The Bertz CT molecular complexity index is 1040. The predicted octanol–water partition coefficient (Wildman–Crippen LogP) is 3.52. The molecule has 1 amide bonds. The number of anilines is 2. The number of amides is 1. The zero-order valence-corrected chi connectivity index (χ0v) is 15.0. The number of hydrogen-bond acceptors (Lipinski definition) is 6. The van der Waals surface area contributed by atoms with Crippen molar-refractivity contribution in [3.05, 3.63) is 71.3 Å². The number of carbonyl (C=O) groups is 1. The lowest BCUT2D eigenvalue weighted by Crippen LogP contribution is -2.16. The molecule has 8 heteroatoms. The van der Waals surface area contributed by atoms with Crippen LogP contribution in [-0.2, 0) is 6.54 Å². The molecule has 7 nitrogen and oxygen atoms in total. The van der Waals surface area contributed by atoms with E-state index in [0.717, 1.165) is 0 Å². The summed E-state index contributed by atoms with van der Waals surface area (Å²) in [6.45, 7) is 2.13. The number of carbonyl (C=O) groups excluding carboxylic acids is 1. The molecule has 0 saturated carbocycles. The number of nitrogens with one attached hydrogen (secondary N) is 2. The van der Waals surface area contributed by atoms with Crippen molar-refractivity contribution in [3.63, 3.8) is 0 Å². The average molecular weight is 380 g/mol. The lowest BCUT2D eigenvalue weighted by molar-refractivity contribution is 0.102. The van der Waals surface area contributed by atoms with Gasteiger partial charge in [-0.15, -0.1) is 0 Å². The first-order chi connectivity index (χ1) is 13.6. The molecule has 2 aromatic carbocycles. The Hall–Kier alpha value is -3.68. The summed E-state index contributed by atoms with van der Waals surface area (Å²) in [5.41, 5.74) is 1.86. The van der Waals surface area contributed by atoms with Crippen LogP contribution in [-0.4, -0.2) is 22.7 Å². The van der Waals surface area contributed by atoms with Gasteiger partial charge in [0.2, 0.25) is 12.7 Å². The summed E-state index contributed by atoms with van der Waals surface area (Å²) >= 11 is 0. The van der Waals surface area contributed by atoms with Crippen LogP contribution in [0, 0.1) is 12.7 Å². The van der Waals surface area contributed by atoms with Gasteiger partial charge < -0.3 is 20.1 Å². The van der Waals surface area contributed by atoms with E-state index in [9.17, 15) is 9.18 Å². The Morgan fingerprint density at radius 3 is 2.79 bits per heavy atom. The lowest BCUT2D eigenvalue weighted by Gasteiger charge is -2.10. The normalized spacial score (nSPS) is 11.9. The Labute approximate surface area is 160 Å². The fourth-order valence-electron chi connectivity index (χ4n) is 2.75. The summed E-state index contributed by atoms with van der Waals surface area (Å²) in [4.78, 5) is 21.1. The molecule has 1 aliphatic rings. The highest BCUT2D eigenvalue weighted by Crippen LogP contribution is 2.34. The van der Waals surface area contributed by atoms with Gasteiger partial charge in [-0.25, -0.2) is 14.4 Å². The van der Waals surface area contributed by atoms with Crippen molar-refractivity contribution in [2.75, 3.05) is 17.4 Å². The molecule has 0 unspecified atom stereocenters. The summed E-state index contributed by atoms with van der Waals surface area (Å²) in [6.07, 6.45) is 0. The largest absolute Gasteiger partial charge is 0.454 e. The van der Waals surface area contributed by atoms with Gasteiger partial charge in [-0.3, -0.25) is 4.79 Å². The molecule has 0 saturated heterocycles. The monoisotopic (exact) mass is 380 g/mol. The second-order valence-corrected chi connectivity index (χ2v) is 6.19. The highest BCUT2D eigenvalue weighted by Gasteiger charge is 2.16. The molecule has 2 heterocycles. The Kier molecular flexibility index (Phi) is 4.76. The molecule has 0 spiro atoms. The van der Waals surface area contributed by atoms with Gasteiger partial charge in [-0.2, -0.15) is 0 Å². The highest BCUT2D eigenvalue weighted by molar-refractivity contribution is 6.03. The average Bonchev–Trinajstić information content (AvgIpc) is 3.15. The minimum absolute atomic E-state index is 0.162. The maximum absolute atomic E-state index is 13.8. The number of aryl methyl sites for hydroxylation is 1. The van der Waals surface area contributed by atoms with Gasteiger partial charge >= 0.3 is 0 Å². The van der Waals surface area contributed by atoms with Crippen LogP contribution in [0.2, 0.25) is 0 Å². The predicted molar refractivity (Wildman–Crippen MR) is 101 cm³/mol. The standard InChI is InChI=1S/C20H17FN4O3/c1-12-8-16(19(26)24-14-6-7-17-18(9-14)28-11-27-17)25-20(23-12)22-10-13-4-2-3-5-15(13)21/h2-9H,10-11H2,1H3,(H,24,26)(H,22,23,25). The molecular weight excluding hydrogens is 363 g/mol. The van der Waals surface area contributed by atoms with Crippen molar-refractivity contribution in [2.24, 2.45) is 0 Å². The van der Waals surface area contributed by atoms with Gasteiger partial charge in [-0.1, -0.05) is 18.2 Å². The van der Waals surface area contributed by atoms with Crippen molar-refractivity contribution < 1.29 is 18.7 Å². The number of halogens is 1. The van der Waals surface area contributed by atoms with E-state index in [1.54, 1.807) is 49.4 Å². The maximum atomic E-state index is 13.8. The molecule has 28 heavy (non-hydrogen) atoms. The minimum atomic E-state index is -0.390. The Morgan fingerprint density at radius 1 is 1.11 bits per heavy atom. The van der Waals surface area contributed by atoms with Gasteiger partial charge in [0.1, 0.15) is 11.5 Å². The van der Waals surface area contributed by atoms with Crippen molar-refractivity contribution in [1.82, 2.24) is 9.97 Å². The molecule has 3 aromatic rings. The van der Waals surface area contributed by atoms with E-state index in [1.807, 2.05) is 0 Å². The first-order valence-corrected chi connectivity index (χ1v) is 8.62. The number of hydrogen-bond donors (Lipinski definition) is 2. The Morgan fingerprint density at radius 2 is 1.93 bits per heavy atom. The number of benzene rings is 2. The van der Waals surface area contributed by atoms with Gasteiger partial charge in [-0.05, 0) is 31.2 Å². The van der Waals surface area contributed by atoms with Gasteiger partial charge in [0.15, 0.2) is 11.5 Å². The van der Waals surface area contributed by atoms with Crippen LogP contribution >= 0.6 is 0 Å². The molecule has 142 valence electrons. The number of fused-ring (bicyclic) bond motifs is 1. The Balaban J connectivity index is 1.48. The topological polar surface area (TPSA) is 85.4 Å². The van der Waals surface area contributed by atoms with E-state index in [2.05, 4.69) is 20.6 Å². The summed E-state index contributed by atoms with van der Waals surface area (Å²) in [6, 6.07) is 13.1. The number of nitrogens with zero attached hydrogens (tertiary/aromatic N) is 2. The number of aromatic nitrogens is 2. The van der Waals surface area contributed by atoms with E-state index >= 15 is 0 Å². The highest BCUT2D eigenvalue weighted by atomic mass is 19.1. The third-order valence-corrected chi connectivity index (χ3v) is 4.11. The fourth-order valence-corrected chi connectivity index (χ4v) is 2.75. The molecule has 4 rings (SSSR count). The van der Waals surface area contributed by atoms with E-state index in [1.165, 1.54) is 6.07 Å². The van der Waals surface area contributed by atoms with Crippen molar-refractivity contribution in [3.8, 4) is 11.5 Å². The summed E-state index contributed by atoms with van der Waals surface area (Å²) < 4.78 is 24.3. The van der Waals surface area contributed by atoms with Gasteiger partial charge in [0.05, 0.1) is 0 Å². The number of rotatable bonds is 5. The van der Waals surface area contributed by atoms with Crippen molar-refractivity contribution in [1.29, 1.82) is 0 Å². The zero-order chi connectivity index (χ0) is 19.5. The van der Waals surface area contributed by atoms with E-state index in [4.69, 9.17) is 9.47 Å². The van der Waals surface area contributed by atoms with Crippen molar-refractivity contribution >= 4 is 17.5 Å². The molecule has 0 atom stereocenters. The summed E-state index contributed by atoms with van der Waals surface area (Å²) in [5.74, 6) is 0.750. The summed E-state index contributed by atoms with van der Waals surface area (Å²) in [7, 11) is 0. The molecule has 1 aliphatic heterocycles. The second kappa shape index (κ2) is 7.51. The fraction of sp³-hybridized carbons (Fsp3) is 0.150. The van der Waals surface area contributed by atoms with Crippen LogP contribution in [0.4, 0.5) is 16.0 Å². The zero-order valence-electron chi connectivity index (χ0n) is 15.0. The first-order valence-electron chi connectivity index (χ1n) is 8.62. The molecule has 2 N–H and O–H groups in total. The van der Waals surface area contributed by atoms with Crippen LogP contribution in [0.5, 0.6) is 11.5 Å². The van der Waals surface area contributed by atoms with Crippen molar-refractivity contribution in [2.45, 2.75) is 13.5 Å². The molecule has 0 radical (unpaired) electrons. The third kappa shape index (κ3) is 3.85. The number of ether oxygens (including phenoxy) is 2. The smallest absolute Gasteiger partial charge is 0.274 e. The lowest BCUT2D eigenvalue weighted by atomic mass is 10.2. The molecular formula is C20H17FN4O3. The molecule has 1 aromatic heterocycles. The molecule has 0 bridgehead atoms. The molecule has 0 fully saturated rings. The summed E-state index contributed by atoms with van der Waals surface area (Å²) in [5, 5.41) is 5.73. The van der Waals surface area contributed by atoms with E-state index in [-0.39, 0.29) is 30.8 Å². The van der Waals surface area contributed by atoms with Crippen LogP contribution in [0.25, 0.3) is 0 Å². The van der Waals surface area contributed by atoms with Crippen LogP contribution < -0.4 is 20.1 Å². The molecule has 0 aliphatic carbocycles. The van der Waals surface area contributed by atoms with Crippen LogP contribution in [0.15, 0.2) is 48.5 Å². The quantitative estimate of drug-likeness (QED) is 0.705. The first kappa shape index (κ1) is 17.7. The maximum Gasteiger partial charge on any atom is 0.274 e. The second-order valence-electron chi connectivity index (χ2n) is 6.19. The van der Waals surface area contributed by atoms with E-state index < -0.39 is 5.91 Å². The van der Waals surface area contributed by atoms with Crippen LogP contribution in [0.3, 0.4) is 0 Å². The third-order valence-electron chi connectivity index (χ3n) is 4.11.